The summed E-state index contributed by atoms with van der Waals surface area (Å²) in [6.07, 6.45) is 0.718. The SMILES string of the molecule is Cc1csc(C(CC(C)C)NC(=O)c2cc3ccc(F)cc3[nH]c2=O)n1. The third-order valence-electron chi connectivity index (χ3n) is 4.00. The number of aromatic amines is 1. The second-order valence-electron chi connectivity index (χ2n) is 6.73. The zero-order valence-corrected chi connectivity index (χ0v) is 15.6. The molecule has 0 aliphatic carbocycles. The van der Waals surface area contributed by atoms with E-state index in [1.165, 1.54) is 35.6 Å². The van der Waals surface area contributed by atoms with Crippen LogP contribution in [0.25, 0.3) is 10.9 Å². The fourth-order valence-electron chi connectivity index (χ4n) is 2.80. The van der Waals surface area contributed by atoms with Gasteiger partial charge in [0.1, 0.15) is 16.4 Å². The zero-order chi connectivity index (χ0) is 18.8. The molecule has 26 heavy (non-hydrogen) atoms. The number of thiazole rings is 1. The average Bonchev–Trinajstić information content (AvgIpc) is 2.99. The molecule has 5 nitrogen and oxygen atoms in total. The standard InChI is InChI=1S/C19H20FN3O2S/c1-10(2)6-16(19-21-11(3)9-26-19)23-18(25)14-7-12-4-5-13(20)8-15(12)22-17(14)24/h4-5,7-10,16H,6H2,1-3H3,(H,22,24)(H,23,25). The number of aromatic nitrogens is 2. The highest BCUT2D eigenvalue weighted by Gasteiger charge is 2.21. The Hall–Kier alpha value is -2.54. The van der Waals surface area contributed by atoms with Gasteiger partial charge in [-0.3, -0.25) is 9.59 Å². The molecule has 7 heteroatoms. The number of hydrogen-bond acceptors (Lipinski definition) is 4. The molecule has 0 radical (unpaired) electrons. The number of nitrogens with zero attached hydrogens (tertiary/aromatic N) is 1. The van der Waals surface area contributed by atoms with Crippen LogP contribution in [0.3, 0.4) is 0 Å². The molecule has 0 aliphatic rings. The van der Waals surface area contributed by atoms with Crippen LogP contribution >= 0.6 is 11.3 Å². The number of hydrogen-bond donors (Lipinski definition) is 2. The second-order valence-corrected chi connectivity index (χ2v) is 7.62. The number of benzene rings is 1. The second kappa shape index (κ2) is 7.37. The molecule has 3 aromatic rings. The highest BCUT2D eigenvalue weighted by Crippen LogP contribution is 2.25. The fourth-order valence-corrected chi connectivity index (χ4v) is 3.66. The Balaban J connectivity index is 1.92. The maximum atomic E-state index is 13.3. The molecular weight excluding hydrogens is 353 g/mol. The Morgan fingerprint density at radius 2 is 2.12 bits per heavy atom. The first-order valence-corrected chi connectivity index (χ1v) is 9.27. The lowest BCUT2D eigenvalue weighted by atomic mass is 10.0. The lowest BCUT2D eigenvalue weighted by Gasteiger charge is -2.18. The molecule has 0 fully saturated rings. The molecule has 1 unspecified atom stereocenters. The molecule has 0 saturated carbocycles. The largest absolute Gasteiger partial charge is 0.343 e. The number of carbonyl (C=O) groups excluding carboxylic acids is 1. The number of amides is 1. The zero-order valence-electron chi connectivity index (χ0n) is 14.8. The van der Waals surface area contributed by atoms with E-state index < -0.39 is 17.3 Å². The van der Waals surface area contributed by atoms with E-state index in [-0.39, 0.29) is 11.6 Å². The number of fused-ring (bicyclic) bond motifs is 1. The molecule has 2 heterocycles. The topological polar surface area (TPSA) is 74.8 Å². The normalized spacial score (nSPS) is 12.5. The minimum atomic E-state index is -0.542. The van der Waals surface area contributed by atoms with E-state index in [0.717, 1.165) is 17.1 Å². The quantitative estimate of drug-likeness (QED) is 0.711. The van der Waals surface area contributed by atoms with Crippen LogP contribution in [0.5, 0.6) is 0 Å². The van der Waals surface area contributed by atoms with Crippen molar-refractivity contribution in [1.82, 2.24) is 15.3 Å². The third kappa shape index (κ3) is 3.99. The van der Waals surface area contributed by atoms with E-state index in [4.69, 9.17) is 0 Å². The number of nitrogens with one attached hydrogen (secondary N) is 2. The lowest BCUT2D eigenvalue weighted by Crippen LogP contribution is -2.33. The molecule has 1 atom stereocenters. The van der Waals surface area contributed by atoms with Gasteiger partial charge in [-0.25, -0.2) is 9.37 Å². The number of H-pyrrole nitrogens is 1. The van der Waals surface area contributed by atoms with Gasteiger partial charge in [0.15, 0.2) is 0 Å². The monoisotopic (exact) mass is 373 g/mol. The van der Waals surface area contributed by atoms with E-state index >= 15 is 0 Å². The summed E-state index contributed by atoms with van der Waals surface area (Å²) < 4.78 is 13.3. The van der Waals surface area contributed by atoms with Gasteiger partial charge in [0, 0.05) is 11.1 Å². The van der Waals surface area contributed by atoms with E-state index in [2.05, 4.69) is 29.1 Å². The van der Waals surface area contributed by atoms with Crippen molar-refractivity contribution in [2.45, 2.75) is 33.2 Å². The first-order valence-electron chi connectivity index (χ1n) is 8.39. The van der Waals surface area contributed by atoms with Crippen LogP contribution in [0, 0.1) is 18.7 Å². The molecule has 3 rings (SSSR count). The maximum Gasteiger partial charge on any atom is 0.261 e. The van der Waals surface area contributed by atoms with E-state index in [1.807, 2.05) is 12.3 Å². The smallest absolute Gasteiger partial charge is 0.261 e. The molecule has 0 saturated heterocycles. The summed E-state index contributed by atoms with van der Waals surface area (Å²) in [6.45, 7) is 6.04. The van der Waals surface area contributed by atoms with Crippen LogP contribution in [0.15, 0.2) is 34.4 Å². The average molecular weight is 373 g/mol. The van der Waals surface area contributed by atoms with Gasteiger partial charge in [-0.1, -0.05) is 13.8 Å². The number of rotatable bonds is 5. The van der Waals surface area contributed by atoms with Gasteiger partial charge in [0.05, 0.1) is 11.6 Å². The fraction of sp³-hybridized carbons (Fsp3) is 0.316. The highest BCUT2D eigenvalue weighted by molar-refractivity contribution is 7.09. The summed E-state index contributed by atoms with van der Waals surface area (Å²) >= 11 is 1.49. The van der Waals surface area contributed by atoms with Gasteiger partial charge in [-0.2, -0.15) is 0 Å². The van der Waals surface area contributed by atoms with Gasteiger partial charge >= 0.3 is 0 Å². The van der Waals surface area contributed by atoms with Crippen molar-refractivity contribution < 1.29 is 9.18 Å². The van der Waals surface area contributed by atoms with Gasteiger partial charge in [-0.15, -0.1) is 11.3 Å². The minimum Gasteiger partial charge on any atom is -0.343 e. The van der Waals surface area contributed by atoms with Crippen molar-refractivity contribution in [2.24, 2.45) is 5.92 Å². The predicted molar refractivity (Wildman–Crippen MR) is 101 cm³/mol. The Kier molecular flexibility index (Phi) is 5.18. The first kappa shape index (κ1) is 18.3. The minimum absolute atomic E-state index is 0.00569. The Morgan fingerprint density at radius 1 is 1.35 bits per heavy atom. The third-order valence-corrected chi connectivity index (χ3v) is 5.08. The Labute approximate surface area is 154 Å². The molecule has 0 aliphatic heterocycles. The molecule has 2 N–H and O–H groups in total. The molecule has 0 bridgehead atoms. The van der Waals surface area contributed by atoms with Crippen molar-refractivity contribution in [2.75, 3.05) is 0 Å². The maximum absolute atomic E-state index is 13.3. The first-order chi connectivity index (χ1) is 12.3. The van der Waals surface area contributed by atoms with Crippen LogP contribution in [-0.4, -0.2) is 15.9 Å². The Bertz CT molecular complexity index is 1010. The summed E-state index contributed by atoms with van der Waals surface area (Å²) in [4.78, 5) is 32.0. The summed E-state index contributed by atoms with van der Waals surface area (Å²) in [6, 6.07) is 5.29. The van der Waals surface area contributed by atoms with Gasteiger partial charge in [0.25, 0.3) is 11.5 Å². The molecular formula is C19H20FN3O2S. The summed E-state index contributed by atoms with van der Waals surface area (Å²) in [5, 5.41) is 6.28. The molecule has 1 amide bonds. The number of pyridine rings is 1. The van der Waals surface area contributed by atoms with Gasteiger partial charge in [0.2, 0.25) is 0 Å². The van der Waals surface area contributed by atoms with Crippen LogP contribution in [0.4, 0.5) is 4.39 Å². The van der Waals surface area contributed by atoms with Crippen molar-refractivity contribution in [3.8, 4) is 0 Å². The van der Waals surface area contributed by atoms with E-state index in [9.17, 15) is 14.0 Å². The molecule has 1 aromatic carbocycles. The molecule has 0 spiro atoms. The van der Waals surface area contributed by atoms with Crippen molar-refractivity contribution >= 4 is 28.1 Å². The summed E-state index contributed by atoms with van der Waals surface area (Å²) in [5.74, 6) is -0.556. The number of aryl methyl sites for hydroxylation is 1. The van der Waals surface area contributed by atoms with Crippen LogP contribution < -0.4 is 10.9 Å². The van der Waals surface area contributed by atoms with Gasteiger partial charge in [-0.05, 0) is 48.9 Å². The predicted octanol–water partition coefficient (Wildman–Crippen LogP) is 3.95. The van der Waals surface area contributed by atoms with Crippen molar-refractivity contribution in [3.05, 3.63) is 62.1 Å². The van der Waals surface area contributed by atoms with Crippen LogP contribution in [0.2, 0.25) is 0 Å². The number of carbonyl (C=O) groups is 1. The summed E-state index contributed by atoms with van der Waals surface area (Å²) in [5.41, 5.74) is 0.727. The highest BCUT2D eigenvalue weighted by atomic mass is 32.1. The Morgan fingerprint density at radius 3 is 2.77 bits per heavy atom. The van der Waals surface area contributed by atoms with Gasteiger partial charge < -0.3 is 10.3 Å². The lowest BCUT2D eigenvalue weighted by molar-refractivity contribution is 0.0930. The van der Waals surface area contributed by atoms with Crippen molar-refractivity contribution in [1.29, 1.82) is 0 Å². The van der Waals surface area contributed by atoms with Crippen LogP contribution in [0.1, 0.15) is 47.4 Å². The van der Waals surface area contributed by atoms with Crippen LogP contribution in [-0.2, 0) is 0 Å². The molecule has 2 aromatic heterocycles. The van der Waals surface area contributed by atoms with Crippen molar-refractivity contribution in [3.63, 3.8) is 0 Å². The van der Waals surface area contributed by atoms with E-state index in [1.54, 1.807) is 0 Å². The molecule has 136 valence electrons. The number of halogens is 1. The van der Waals surface area contributed by atoms with E-state index in [0.29, 0.717) is 16.8 Å². The summed E-state index contributed by atoms with van der Waals surface area (Å²) in [7, 11) is 0.